The molecule has 0 aliphatic carbocycles. The molecule has 168 valence electrons. The number of aromatic nitrogens is 1. The van der Waals surface area contributed by atoms with Crippen LogP contribution < -0.4 is 10.6 Å². The van der Waals surface area contributed by atoms with E-state index in [9.17, 15) is 9.59 Å². The number of carbonyl (C=O) groups is 2. The molecule has 0 fully saturated rings. The van der Waals surface area contributed by atoms with Crippen LogP contribution in [-0.2, 0) is 16.6 Å². The van der Waals surface area contributed by atoms with E-state index in [2.05, 4.69) is 48.5 Å². The molecule has 0 unspecified atom stereocenters. The molecule has 0 aliphatic rings. The van der Waals surface area contributed by atoms with Gasteiger partial charge in [-0.15, -0.1) is 11.3 Å². The molecule has 0 radical (unpaired) electrons. The number of carbonyl (C=O) groups excluding carboxylic acids is 2. The predicted octanol–water partition coefficient (Wildman–Crippen LogP) is 5.42. The first-order chi connectivity index (χ1) is 15.1. The highest BCUT2D eigenvalue weighted by Gasteiger charge is 2.26. The van der Waals surface area contributed by atoms with Crippen LogP contribution in [-0.4, -0.2) is 22.8 Å². The van der Waals surface area contributed by atoms with Crippen LogP contribution in [0.4, 0.5) is 5.13 Å². The second-order valence-electron chi connectivity index (χ2n) is 9.31. The molecule has 3 aromatic rings. The molecule has 0 bridgehead atoms. The lowest BCUT2D eigenvalue weighted by atomic mass is 9.86. The van der Waals surface area contributed by atoms with E-state index in [1.54, 1.807) is 6.20 Å². The van der Waals surface area contributed by atoms with Crippen LogP contribution in [0.15, 0.2) is 60.8 Å². The Balaban J connectivity index is 1.64. The Morgan fingerprint density at radius 1 is 1.00 bits per heavy atom. The number of anilines is 1. The van der Waals surface area contributed by atoms with Gasteiger partial charge < -0.3 is 10.6 Å². The second-order valence-corrected chi connectivity index (χ2v) is 10.4. The number of nitrogens with one attached hydrogen (secondary N) is 2. The van der Waals surface area contributed by atoms with E-state index in [1.165, 1.54) is 16.9 Å². The van der Waals surface area contributed by atoms with Crippen LogP contribution in [0.2, 0.25) is 0 Å². The molecule has 2 amide bonds. The van der Waals surface area contributed by atoms with Gasteiger partial charge in [-0.3, -0.25) is 9.59 Å². The Morgan fingerprint density at radius 3 is 2.25 bits per heavy atom. The minimum absolute atomic E-state index is 0.0163. The van der Waals surface area contributed by atoms with E-state index in [0.29, 0.717) is 10.7 Å². The third-order valence-corrected chi connectivity index (χ3v) is 6.17. The SMILES string of the molecule is CC(C)[C@H](NC(=O)c1ccc(C(C)(C)C)cc1)C(=O)Nc1ncc(Cc2ccccc2)s1. The zero-order valence-corrected chi connectivity index (χ0v) is 20.1. The maximum atomic E-state index is 12.9. The normalized spacial score (nSPS) is 12.4. The van der Waals surface area contributed by atoms with Gasteiger partial charge in [0.1, 0.15) is 6.04 Å². The summed E-state index contributed by atoms with van der Waals surface area (Å²) in [5.74, 6) is -0.597. The van der Waals surface area contributed by atoms with Crippen molar-refractivity contribution in [3.63, 3.8) is 0 Å². The number of hydrogen-bond donors (Lipinski definition) is 2. The van der Waals surface area contributed by atoms with Gasteiger partial charge in [-0.05, 0) is 34.6 Å². The summed E-state index contributed by atoms with van der Waals surface area (Å²) in [6.07, 6.45) is 2.55. The molecule has 32 heavy (non-hydrogen) atoms. The summed E-state index contributed by atoms with van der Waals surface area (Å²) in [6, 6.07) is 17.0. The Morgan fingerprint density at radius 2 is 1.66 bits per heavy atom. The van der Waals surface area contributed by atoms with Crippen LogP contribution in [0.25, 0.3) is 0 Å². The van der Waals surface area contributed by atoms with Gasteiger partial charge in [-0.1, -0.05) is 77.1 Å². The van der Waals surface area contributed by atoms with Gasteiger partial charge in [-0.2, -0.15) is 0 Å². The van der Waals surface area contributed by atoms with Gasteiger partial charge in [0.2, 0.25) is 5.91 Å². The van der Waals surface area contributed by atoms with Gasteiger partial charge in [0.15, 0.2) is 5.13 Å². The van der Waals surface area contributed by atoms with Crippen LogP contribution in [0, 0.1) is 5.92 Å². The molecule has 2 N–H and O–H groups in total. The van der Waals surface area contributed by atoms with E-state index >= 15 is 0 Å². The molecule has 0 saturated carbocycles. The third kappa shape index (κ3) is 6.26. The molecular formula is C26H31N3O2S. The average molecular weight is 450 g/mol. The Hall–Kier alpha value is -2.99. The second kappa shape index (κ2) is 10.1. The first-order valence-corrected chi connectivity index (χ1v) is 11.7. The highest BCUT2D eigenvalue weighted by Crippen LogP contribution is 2.23. The van der Waals surface area contributed by atoms with E-state index in [-0.39, 0.29) is 23.1 Å². The van der Waals surface area contributed by atoms with Crippen molar-refractivity contribution in [2.75, 3.05) is 5.32 Å². The molecule has 1 heterocycles. The van der Waals surface area contributed by atoms with Crippen molar-refractivity contribution in [2.24, 2.45) is 5.92 Å². The minimum atomic E-state index is -0.661. The average Bonchev–Trinajstić information content (AvgIpc) is 3.18. The summed E-state index contributed by atoms with van der Waals surface area (Å²) in [5, 5.41) is 6.29. The number of amides is 2. The molecule has 6 heteroatoms. The van der Waals surface area contributed by atoms with Crippen LogP contribution >= 0.6 is 11.3 Å². The fourth-order valence-corrected chi connectivity index (χ4v) is 4.16. The van der Waals surface area contributed by atoms with Crippen LogP contribution in [0.5, 0.6) is 0 Å². The Kier molecular flexibility index (Phi) is 7.46. The molecule has 5 nitrogen and oxygen atoms in total. The lowest BCUT2D eigenvalue weighted by Gasteiger charge is -2.22. The maximum Gasteiger partial charge on any atom is 0.251 e. The van der Waals surface area contributed by atoms with Crippen molar-refractivity contribution >= 4 is 28.3 Å². The number of thiazole rings is 1. The standard InChI is InChI=1S/C26H31N3O2S/c1-17(2)22(28-23(30)19-11-13-20(14-12-19)26(3,4)5)24(31)29-25-27-16-21(32-25)15-18-9-7-6-8-10-18/h6-14,16-17,22H,15H2,1-5H3,(H,28,30)(H,27,29,31)/t22-/m0/s1. The van der Waals surface area contributed by atoms with Crippen LogP contribution in [0.3, 0.4) is 0 Å². The fourth-order valence-electron chi connectivity index (χ4n) is 3.31. The van der Waals surface area contributed by atoms with Crippen molar-refractivity contribution in [1.82, 2.24) is 10.3 Å². The van der Waals surface area contributed by atoms with E-state index in [4.69, 9.17) is 0 Å². The van der Waals surface area contributed by atoms with Crippen LogP contribution in [0.1, 0.15) is 61.0 Å². The maximum absolute atomic E-state index is 12.9. The molecule has 0 spiro atoms. The number of hydrogen-bond acceptors (Lipinski definition) is 4. The predicted molar refractivity (Wildman–Crippen MR) is 131 cm³/mol. The summed E-state index contributed by atoms with van der Waals surface area (Å²) in [6.45, 7) is 10.2. The first kappa shape index (κ1) is 23.7. The first-order valence-electron chi connectivity index (χ1n) is 10.8. The Labute approximate surface area is 194 Å². The van der Waals surface area contributed by atoms with Crippen molar-refractivity contribution in [2.45, 2.75) is 52.5 Å². The molecule has 0 saturated heterocycles. The topological polar surface area (TPSA) is 71.1 Å². The molecular weight excluding hydrogens is 418 g/mol. The summed E-state index contributed by atoms with van der Waals surface area (Å²) < 4.78 is 0. The molecule has 0 aliphatic heterocycles. The van der Waals surface area contributed by atoms with Gasteiger partial charge in [0, 0.05) is 23.1 Å². The third-order valence-electron chi connectivity index (χ3n) is 5.25. The van der Waals surface area contributed by atoms with Crippen molar-refractivity contribution in [3.05, 3.63) is 82.4 Å². The molecule has 2 aromatic carbocycles. The molecule has 3 rings (SSSR count). The molecule has 1 aromatic heterocycles. The van der Waals surface area contributed by atoms with Crippen molar-refractivity contribution < 1.29 is 9.59 Å². The van der Waals surface area contributed by atoms with Crippen molar-refractivity contribution in [3.8, 4) is 0 Å². The largest absolute Gasteiger partial charge is 0.340 e. The van der Waals surface area contributed by atoms with E-state index in [0.717, 1.165) is 16.9 Å². The monoisotopic (exact) mass is 449 g/mol. The Bertz CT molecular complexity index is 1050. The zero-order valence-electron chi connectivity index (χ0n) is 19.3. The van der Waals surface area contributed by atoms with Gasteiger partial charge in [0.05, 0.1) is 0 Å². The molecule has 1 atom stereocenters. The highest BCUT2D eigenvalue weighted by molar-refractivity contribution is 7.15. The number of benzene rings is 2. The van der Waals surface area contributed by atoms with E-state index in [1.807, 2.05) is 56.3 Å². The van der Waals surface area contributed by atoms with Gasteiger partial charge in [0.25, 0.3) is 5.91 Å². The number of rotatable bonds is 7. The summed E-state index contributed by atoms with van der Waals surface area (Å²) in [4.78, 5) is 31.1. The highest BCUT2D eigenvalue weighted by atomic mass is 32.1. The lowest BCUT2D eigenvalue weighted by molar-refractivity contribution is -0.118. The zero-order chi connectivity index (χ0) is 23.3. The van der Waals surface area contributed by atoms with Crippen molar-refractivity contribution in [1.29, 1.82) is 0 Å². The van der Waals surface area contributed by atoms with Gasteiger partial charge in [-0.25, -0.2) is 4.98 Å². The quantitative estimate of drug-likeness (QED) is 0.506. The van der Waals surface area contributed by atoms with E-state index < -0.39 is 6.04 Å². The summed E-state index contributed by atoms with van der Waals surface area (Å²) >= 11 is 1.45. The summed E-state index contributed by atoms with van der Waals surface area (Å²) in [7, 11) is 0. The number of nitrogens with zero attached hydrogens (tertiary/aromatic N) is 1. The lowest BCUT2D eigenvalue weighted by Crippen LogP contribution is -2.47. The fraction of sp³-hybridized carbons (Fsp3) is 0.346. The smallest absolute Gasteiger partial charge is 0.251 e. The summed E-state index contributed by atoms with van der Waals surface area (Å²) in [5.41, 5.74) is 2.90. The minimum Gasteiger partial charge on any atom is -0.340 e. The van der Waals surface area contributed by atoms with Gasteiger partial charge >= 0.3 is 0 Å².